The summed E-state index contributed by atoms with van der Waals surface area (Å²) in [5, 5.41) is 26.7. The molecule has 0 spiro atoms. The van der Waals surface area contributed by atoms with Gasteiger partial charge in [-0.3, -0.25) is 0 Å². The Bertz CT molecular complexity index is 2160. The Kier molecular flexibility index (Phi) is 5.44. The predicted molar refractivity (Wildman–Crippen MR) is 173 cm³/mol. The molecule has 8 rings (SSSR count). The molecule has 0 unspecified atom stereocenters. The van der Waals surface area contributed by atoms with Gasteiger partial charge in [0.2, 0.25) is 0 Å². The van der Waals surface area contributed by atoms with Crippen LogP contribution in [0.1, 0.15) is 22.3 Å². The Hall–Kier alpha value is -5.48. The third-order valence-electron chi connectivity index (χ3n) is 9.02. The van der Waals surface area contributed by atoms with Crippen molar-refractivity contribution in [3.05, 3.63) is 144 Å². The van der Waals surface area contributed by atoms with Gasteiger partial charge in [0, 0.05) is 0 Å². The summed E-state index contributed by atoms with van der Waals surface area (Å²) in [7, 11) is 3.35. The number of ether oxygens (including phenoxy) is 2. The standard InChI is InChI=1S/C39H28O4/c1-42-37-21-34-33-19-23-5-3-4-6-24(23)20-35(33)39(36(34)22-38(37)43-2,29-11-7-27-17-31(40)13-9-25(27)15-29)30-12-8-28-18-32(41)14-10-26(28)16-30/h3-22,40-41H,1-2H3. The molecule has 43 heavy (non-hydrogen) atoms. The van der Waals surface area contributed by atoms with Crippen LogP contribution in [0.5, 0.6) is 23.0 Å². The summed E-state index contributed by atoms with van der Waals surface area (Å²) in [6, 6.07) is 41.3. The van der Waals surface area contributed by atoms with E-state index in [1.165, 1.54) is 10.9 Å². The average molecular weight is 561 g/mol. The van der Waals surface area contributed by atoms with Gasteiger partial charge in [-0.25, -0.2) is 0 Å². The van der Waals surface area contributed by atoms with Crippen LogP contribution in [0.25, 0.3) is 43.4 Å². The number of fused-ring (bicyclic) bond motifs is 6. The number of hydrogen-bond acceptors (Lipinski definition) is 4. The zero-order valence-electron chi connectivity index (χ0n) is 23.8. The molecule has 4 nitrogen and oxygen atoms in total. The zero-order chi connectivity index (χ0) is 29.3. The maximum atomic E-state index is 10.2. The van der Waals surface area contributed by atoms with Gasteiger partial charge in [-0.1, -0.05) is 60.7 Å². The average Bonchev–Trinajstić information content (AvgIpc) is 3.31. The van der Waals surface area contributed by atoms with E-state index < -0.39 is 5.41 Å². The molecule has 0 amide bonds. The van der Waals surface area contributed by atoms with Crippen molar-refractivity contribution in [3.63, 3.8) is 0 Å². The van der Waals surface area contributed by atoms with E-state index in [0.29, 0.717) is 11.5 Å². The minimum atomic E-state index is -0.702. The van der Waals surface area contributed by atoms with Crippen LogP contribution < -0.4 is 9.47 Å². The van der Waals surface area contributed by atoms with E-state index in [9.17, 15) is 10.2 Å². The highest BCUT2D eigenvalue weighted by Gasteiger charge is 2.47. The van der Waals surface area contributed by atoms with E-state index in [1.807, 2.05) is 12.1 Å². The first-order chi connectivity index (χ1) is 21.0. The summed E-state index contributed by atoms with van der Waals surface area (Å²) in [6.45, 7) is 0. The Morgan fingerprint density at radius 3 is 1.47 bits per heavy atom. The van der Waals surface area contributed by atoms with Crippen LogP contribution in [0.4, 0.5) is 0 Å². The Balaban J connectivity index is 1.56. The number of benzene rings is 7. The van der Waals surface area contributed by atoms with Gasteiger partial charge in [-0.15, -0.1) is 0 Å². The lowest BCUT2D eigenvalue weighted by Gasteiger charge is -2.34. The number of phenols is 2. The highest BCUT2D eigenvalue weighted by molar-refractivity contribution is 5.98. The maximum Gasteiger partial charge on any atom is 0.161 e. The maximum absolute atomic E-state index is 10.2. The molecule has 0 aromatic heterocycles. The van der Waals surface area contributed by atoms with E-state index in [0.717, 1.165) is 54.7 Å². The Morgan fingerprint density at radius 1 is 0.442 bits per heavy atom. The van der Waals surface area contributed by atoms with Crippen LogP contribution in [0, 0.1) is 0 Å². The van der Waals surface area contributed by atoms with Crippen LogP contribution in [0.15, 0.2) is 121 Å². The third-order valence-corrected chi connectivity index (χ3v) is 9.02. The molecule has 0 fully saturated rings. The SMILES string of the molecule is COc1cc2c(cc1OC)C(c1ccc3cc(O)ccc3c1)(c1ccc3cc(O)ccc3c1)c1cc3ccccc3cc1-2. The van der Waals surface area contributed by atoms with Crippen molar-refractivity contribution < 1.29 is 19.7 Å². The van der Waals surface area contributed by atoms with Gasteiger partial charge in [-0.05, 0) is 126 Å². The zero-order valence-corrected chi connectivity index (χ0v) is 23.8. The first-order valence-electron chi connectivity index (χ1n) is 14.3. The fraction of sp³-hybridized carbons (Fsp3) is 0.0769. The molecule has 0 heterocycles. The van der Waals surface area contributed by atoms with Gasteiger partial charge in [0.15, 0.2) is 11.5 Å². The molecule has 0 saturated carbocycles. The van der Waals surface area contributed by atoms with Gasteiger partial charge in [-0.2, -0.15) is 0 Å². The van der Waals surface area contributed by atoms with Gasteiger partial charge >= 0.3 is 0 Å². The number of phenolic OH excluding ortho intramolecular Hbond substituents is 2. The van der Waals surface area contributed by atoms with E-state index in [2.05, 4.69) is 84.9 Å². The van der Waals surface area contributed by atoms with Crippen molar-refractivity contribution in [2.45, 2.75) is 5.41 Å². The second-order valence-corrected chi connectivity index (χ2v) is 11.2. The molecule has 2 N–H and O–H groups in total. The molecular weight excluding hydrogens is 532 g/mol. The lowest BCUT2D eigenvalue weighted by atomic mass is 9.67. The Morgan fingerprint density at radius 2 is 0.884 bits per heavy atom. The normalized spacial score (nSPS) is 13.3. The largest absolute Gasteiger partial charge is 0.508 e. The van der Waals surface area contributed by atoms with Crippen molar-refractivity contribution >= 4 is 32.3 Å². The van der Waals surface area contributed by atoms with E-state index in [-0.39, 0.29) is 11.5 Å². The minimum Gasteiger partial charge on any atom is -0.508 e. The molecule has 7 aromatic rings. The van der Waals surface area contributed by atoms with Crippen LogP contribution in [0.3, 0.4) is 0 Å². The molecule has 0 saturated heterocycles. The minimum absolute atomic E-state index is 0.243. The first-order valence-corrected chi connectivity index (χ1v) is 14.3. The predicted octanol–water partition coefficient (Wildman–Crippen LogP) is 8.94. The molecule has 1 aliphatic rings. The fourth-order valence-corrected chi connectivity index (χ4v) is 7.05. The first kappa shape index (κ1) is 25.2. The summed E-state index contributed by atoms with van der Waals surface area (Å²) >= 11 is 0. The fourth-order valence-electron chi connectivity index (χ4n) is 7.05. The van der Waals surface area contributed by atoms with Crippen molar-refractivity contribution in [2.24, 2.45) is 0 Å². The number of hydrogen-bond donors (Lipinski definition) is 2. The molecular formula is C39H28O4. The monoisotopic (exact) mass is 560 g/mol. The summed E-state index contributed by atoms with van der Waals surface area (Å²) in [5.74, 6) is 1.83. The highest BCUT2D eigenvalue weighted by atomic mass is 16.5. The third kappa shape index (κ3) is 3.63. The molecule has 208 valence electrons. The number of aromatic hydroxyl groups is 2. The van der Waals surface area contributed by atoms with Crippen LogP contribution in [-0.2, 0) is 5.41 Å². The second kappa shape index (κ2) is 9.27. The lowest BCUT2D eigenvalue weighted by Crippen LogP contribution is -2.28. The summed E-state index contributed by atoms with van der Waals surface area (Å²) in [5.41, 5.74) is 6.02. The summed E-state index contributed by atoms with van der Waals surface area (Å²) < 4.78 is 11.7. The van der Waals surface area contributed by atoms with Crippen molar-refractivity contribution in [1.29, 1.82) is 0 Å². The molecule has 0 radical (unpaired) electrons. The molecule has 0 atom stereocenters. The van der Waals surface area contributed by atoms with Crippen LogP contribution >= 0.6 is 0 Å². The smallest absolute Gasteiger partial charge is 0.161 e. The van der Waals surface area contributed by atoms with Crippen LogP contribution in [0.2, 0.25) is 0 Å². The molecule has 1 aliphatic carbocycles. The number of rotatable bonds is 4. The summed E-state index contributed by atoms with van der Waals surface area (Å²) in [4.78, 5) is 0. The van der Waals surface area contributed by atoms with E-state index in [1.54, 1.807) is 38.5 Å². The van der Waals surface area contributed by atoms with Gasteiger partial charge in [0.1, 0.15) is 11.5 Å². The quantitative estimate of drug-likeness (QED) is 0.226. The second-order valence-electron chi connectivity index (χ2n) is 11.2. The van der Waals surface area contributed by atoms with E-state index in [4.69, 9.17) is 9.47 Å². The Labute approximate surface area is 249 Å². The van der Waals surface area contributed by atoms with Gasteiger partial charge in [0.25, 0.3) is 0 Å². The molecule has 0 bridgehead atoms. The summed E-state index contributed by atoms with van der Waals surface area (Å²) in [6.07, 6.45) is 0. The number of methoxy groups -OCH3 is 2. The van der Waals surface area contributed by atoms with Crippen molar-refractivity contribution in [2.75, 3.05) is 14.2 Å². The van der Waals surface area contributed by atoms with Crippen molar-refractivity contribution in [1.82, 2.24) is 0 Å². The van der Waals surface area contributed by atoms with Crippen LogP contribution in [-0.4, -0.2) is 24.4 Å². The molecule has 0 aliphatic heterocycles. The topological polar surface area (TPSA) is 58.9 Å². The lowest BCUT2D eigenvalue weighted by molar-refractivity contribution is 0.354. The molecule has 7 aromatic carbocycles. The van der Waals surface area contributed by atoms with Gasteiger partial charge in [0.05, 0.1) is 19.6 Å². The van der Waals surface area contributed by atoms with E-state index >= 15 is 0 Å². The van der Waals surface area contributed by atoms with Gasteiger partial charge < -0.3 is 19.7 Å². The highest BCUT2D eigenvalue weighted by Crippen LogP contribution is 2.59. The molecule has 4 heteroatoms. The van der Waals surface area contributed by atoms with Crippen molar-refractivity contribution in [3.8, 4) is 34.1 Å².